The number of hydrogen-bond donors (Lipinski definition) is 1. The molecule has 9 heteroatoms. The molecule has 1 N–H and O–H groups in total. The number of nitrogens with zero attached hydrogens (tertiary/aromatic N) is 1. The molecule has 0 saturated carbocycles. The largest absolute Gasteiger partial charge is 1.00 e. The van der Waals surface area contributed by atoms with Crippen LogP contribution < -0.4 is 35.0 Å². The zero-order chi connectivity index (χ0) is 23.5. The number of halogens is 1. The topological polar surface area (TPSA) is 89.5 Å². The average Bonchev–Trinajstić information content (AvgIpc) is 2.73. The molecule has 0 bridgehead atoms. The Bertz CT molecular complexity index is 1210. The molecule has 0 atom stereocenters. The summed E-state index contributed by atoms with van der Waals surface area (Å²) in [5.74, 6) is -1.17. The summed E-state index contributed by atoms with van der Waals surface area (Å²) in [5, 5.41) is 10.6. The third-order valence-corrected chi connectivity index (χ3v) is 7.24. The fraction of sp³-hybridized carbons (Fsp3) is 0.208. The van der Waals surface area contributed by atoms with E-state index in [-0.39, 0.29) is 53.1 Å². The molecule has 0 unspecified atom stereocenters. The van der Waals surface area contributed by atoms with Crippen molar-refractivity contribution in [1.82, 2.24) is 9.79 Å². The van der Waals surface area contributed by atoms with Crippen LogP contribution in [0.5, 0.6) is 0 Å². The molecule has 0 saturated heterocycles. The van der Waals surface area contributed by atoms with Crippen LogP contribution in [0.2, 0.25) is 0 Å². The van der Waals surface area contributed by atoms with Gasteiger partial charge in [0.1, 0.15) is 5.82 Å². The predicted octanol–water partition coefficient (Wildman–Crippen LogP) is 1.37. The van der Waals surface area contributed by atoms with Crippen LogP contribution in [0.25, 0.3) is 0 Å². The van der Waals surface area contributed by atoms with Crippen LogP contribution in [-0.2, 0) is 23.1 Å². The van der Waals surface area contributed by atoms with Gasteiger partial charge in [-0.2, -0.15) is 4.31 Å². The number of nitrogens with one attached hydrogen (secondary N) is 1. The molecule has 1 amide bonds. The average molecular weight is 479 g/mol. The van der Waals surface area contributed by atoms with E-state index in [9.17, 15) is 22.8 Å². The Balaban J connectivity index is 0.00000385. The van der Waals surface area contributed by atoms with Gasteiger partial charge in [-0.3, -0.25) is 4.79 Å². The Morgan fingerprint density at radius 3 is 1.82 bits per heavy atom. The van der Waals surface area contributed by atoms with E-state index in [1.165, 1.54) is 34.1 Å². The van der Waals surface area contributed by atoms with Gasteiger partial charge >= 0.3 is 29.6 Å². The van der Waals surface area contributed by atoms with Gasteiger partial charge in [0.25, 0.3) is 0 Å². The molecule has 0 spiro atoms. The first-order valence-electron chi connectivity index (χ1n) is 9.95. The molecule has 3 rings (SSSR count). The number of amides is 1. The first kappa shape index (κ1) is 27.2. The summed E-state index contributed by atoms with van der Waals surface area (Å²) in [4.78, 5) is 11.7. The smallest absolute Gasteiger partial charge is 0.759 e. The van der Waals surface area contributed by atoms with Crippen LogP contribution in [0.3, 0.4) is 0 Å². The third-order valence-electron chi connectivity index (χ3n) is 5.14. The van der Waals surface area contributed by atoms with Crippen LogP contribution >= 0.6 is 0 Å². The molecule has 0 heterocycles. The molecule has 0 aliphatic carbocycles. The second-order valence-electron chi connectivity index (χ2n) is 7.76. The van der Waals surface area contributed by atoms with Crippen molar-refractivity contribution in [3.05, 3.63) is 105 Å². The van der Waals surface area contributed by atoms with Gasteiger partial charge < -0.3 is 10.7 Å². The summed E-state index contributed by atoms with van der Waals surface area (Å²) in [6, 6.07) is 15.5. The van der Waals surface area contributed by atoms with Gasteiger partial charge in [-0.15, -0.1) is 0 Å². The van der Waals surface area contributed by atoms with Gasteiger partial charge in [-0.1, -0.05) is 42.0 Å². The van der Waals surface area contributed by atoms with E-state index in [0.717, 1.165) is 5.56 Å². The number of rotatable bonds is 7. The number of hydrogen-bond acceptors (Lipinski definition) is 4. The van der Waals surface area contributed by atoms with E-state index in [1.807, 2.05) is 19.1 Å². The molecular weight excluding hydrogens is 454 g/mol. The summed E-state index contributed by atoms with van der Waals surface area (Å²) >= 11 is 0. The molecule has 0 fully saturated rings. The van der Waals surface area contributed by atoms with Crippen LogP contribution in [0.4, 0.5) is 4.39 Å². The first-order chi connectivity index (χ1) is 15.1. The van der Waals surface area contributed by atoms with E-state index in [1.54, 1.807) is 38.1 Å². The Morgan fingerprint density at radius 1 is 0.909 bits per heavy atom. The number of benzene rings is 3. The number of aryl methyl sites for hydroxylation is 3. The van der Waals surface area contributed by atoms with Crippen molar-refractivity contribution in [3.8, 4) is 0 Å². The van der Waals surface area contributed by atoms with Crippen LogP contribution in [0.1, 0.15) is 38.2 Å². The van der Waals surface area contributed by atoms with E-state index < -0.39 is 21.7 Å². The Kier molecular flexibility index (Phi) is 9.37. The number of carbonyl (C=O) groups is 1. The second kappa shape index (κ2) is 11.4. The van der Waals surface area contributed by atoms with Gasteiger partial charge in [0, 0.05) is 18.7 Å². The fourth-order valence-corrected chi connectivity index (χ4v) is 5.57. The molecule has 0 aromatic heterocycles. The van der Waals surface area contributed by atoms with Crippen LogP contribution in [0, 0.1) is 31.8 Å². The standard InChI is InChI=1S/C24H24FN2O4S.Na/c1-16-12-17(2)23(18(3)13-16)32(30,31)27(15-20-6-10-22(25)11-7-20)14-19-4-8-21(9-5-19)24(28)26-29;/h4-13H,14-15H2,1-3H3,(H-,26,28,29);/q-1;+1. The van der Waals surface area contributed by atoms with Crippen molar-refractivity contribution in [1.29, 1.82) is 0 Å². The van der Waals surface area contributed by atoms with Crippen molar-refractivity contribution in [2.75, 3.05) is 0 Å². The summed E-state index contributed by atoms with van der Waals surface area (Å²) < 4.78 is 42.1. The molecule has 0 aliphatic heterocycles. The third kappa shape index (κ3) is 6.50. The maximum absolute atomic E-state index is 13.7. The van der Waals surface area contributed by atoms with Crippen molar-refractivity contribution in [2.24, 2.45) is 0 Å². The van der Waals surface area contributed by atoms with Gasteiger partial charge in [0.05, 0.1) is 4.90 Å². The van der Waals surface area contributed by atoms with E-state index in [0.29, 0.717) is 22.3 Å². The summed E-state index contributed by atoms with van der Waals surface area (Å²) in [5.41, 5.74) is 5.04. The van der Waals surface area contributed by atoms with Gasteiger partial charge in [-0.25, -0.2) is 12.8 Å². The Hall–Kier alpha value is -2.07. The number of sulfonamides is 1. The summed E-state index contributed by atoms with van der Waals surface area (Å²) in [7, 11) is -3.91. The van der Waals surface area contributed by atoms with Gasteiger partial charge in [0.15, 0.2) is 0 Å². The molecule has 6 nitrogen and oxygen atoms in total. The van der Waals surface area contributed by atoms with Crippen molar-refractivity contribution in [2.45, 2.75) is 38.8 Å². The van der Waals surface area contributed by atoms with Gasteiger partial charge in [0.2, 0.25) is 15.9 Å². The Morgan fingerprint density at radius 2 is 1.36 bits per heavy atom. The fourth-order valence-electron chi connectivity index (χ4n) is 3.75. The zero-order valence-corrected chi connectivity index (χ0v) is 21.9. The molecule has 3 aromatic carbocycles. The first-order valence-corrected chi connectivity index (χ1v) is 11.4. The maximum Gasteiger partial charge on any atom is 1.00 e. The van der Waals surface area contributed by atoms with Crippen LogP contribution in [0.15, 0.2) is 65.6 Å². The second-order valence-corrected chi connectivity index (χ2v) is 9.63. The minimum Gasteiger partial charge on any atom is -0.759 e. The Labute approximate surface area is 215 Å². The van der Waals surface area contributed by atoms with Crippen LogP contribution in [-0.4, -0.2) is 18.6 Å². The predicted molar refractivity (Wildman–Crippen MR) is 121 cm³/mol. The quantitative estimate of drug-likeness (QED) is 0.410. The SMILES string of the molecule is Cc1cc(C)c(S(=O)(=O)N(Cc2ccc(F)cc2)Cc2ccc(C(=O)N[O-])cc2)c(C)c1.[Na+]. The van der Waals surface area contributed by atoms with Crippen molar-refractivity contribution < 1.29 is 47.2 Å². The minimum absolute atomic E-state index is 0. The van der Waals surface area contributed by atoms with E-state index in [4.69, 9.17) is 0 Å². The monoisotopic (exact) mass is 478 g/mol. The molecular formula is C24H24FN2NaO4S. The van der Waals surface area contributed by atoms with E-state index in [2.05, 4.69) is 0 Å². The summed E-state index contributed by atoms with van der Waals surface area (Å²) in [6.07, 6.45) is 0. The number of hydroxylamine groups is 1. The van der Waals surface area contributed by atoms with Crippen molar-refractivity contribution in [3.63, 3.8) is 0 Å². The molecule has 33 heavy (non-hydrogen) atoms. The minimum atomic E-state index is -3.91. The normalized spacial score (nSPS) is 11.2. The molecule has 0 aliphatic rings. The summed E-state index contributed by atoms with van der Waals surface area (Å²) in [6.45, 7) is 5.51. The molecule has 0 radical (unpaired) electrons. The molecule has 3 aromatic rings. The zero-order valence-electron chi connectivity index (χ0n) is 19.1. The number of carbonyl (C=O) groups excluding carboxylic acids is 1. The van der Waals surface area contributed by atoms with Crippen molar-refractivity contribution >= 4 is 15.9 Å². The van der Waals surface area contributed by atoms with E-state index >= 15 is 0 Å². The van der Waals surface area contributed by atoms with Gasteiger partial charge in [-0.05, 0) is 67.3 Å². The molecule has 168 valence electrons. The maximum atomic E-state index is 13.7.